The molecule has 2 N–H and O–H groups in total. The van der Waals surface area contributed by atoms with Gasteiger partial charge in [0.2, 0.25) is 5.91 Å². The van der Waals surface area contributed by atoms with Crippen LogP contribution in [0.4, 0.5) is 0 Å². The molecule has 3 fully saturated rings. The topological polar surface area (TPSA) is 63.4 Å². The fourth-order valence-corrected chi connectivity index (χ4v) is 4.51. The minimum atomic E-state index is -0.350. The summed E-state index contributed by atoms with van der Waals surface area (Å²) < 4.78 is 0. The molecule has 1 amide bonds. The van der Waals surface area contributed by atoms with Gasteiger partial charge in [0.25, 0.3) is 0 Å². The van der Waals surface area contributed by atoms with Crippen molar-refractivity contribution >= 4 is 11.7 Å². The van der Waals surface area contributed by atoms with E-state index >= 15 is 0 Å². The van der Waals surface area contributed by atoms with Crippen LogP contribution in [-0.4, -0.2) is 35.7 Å². The first-order valence-electron chi connectivity index (χ1n) is 8.84. The van der Waals surface area contributed by atoms with Crippen molar-refractivity contribution in [2.45, 2.75) is 18.4 Å². The summed E-state index contributed by atoms with van der Waals surface area (Å²) in [7, 11) is 0. The molecule has 0 radical (unpaired) electrons. The maximum Gasteiger partial charge on any atom is 0.222 e. The summed E-state index contributed by atoms with van der Waals surface area (Å²) in [6.07, 6.45) is 0.735. The van der Waals surface area contributed by atoms with E-state index in [1.807, 2.05) is 36.4 Å². The van der Waals surface area contributed by atoms with Gasteiger partial charge in [0.15, 0.2) is 5.78 Å². The van der Waals surface area contributed by atoms with Crippen molar-refractivity contribution in [2.24, 2.45) is 17.6 Å². The summed E-state index contributed by atoms with van der Waals surface area (Å²) in [5, 5.41) is 0. The van der Waals surface area contributed by atoms with Crippen LogP contribution in [0, 0.1) is 11.8 Å². The molecular formula is C21H22N2O2. The average molecular weight is 334 g/mol. The zero-order valence-electron chi connectivity index (χ0n) is 14.0. The van der Waals surface area contributed by atoms with Gasteiger partial charge < -0.3 is 5.73 Å². The van der Waals surface area contributed by atoms with E-state index in [9.17, 15) is 9.59 Å². The van der Waals surface area contributed by atoms with Gasteiger partial charge in [-0.25, -0.2) is 0 Å². The first-order valence-corrected chi connectivity index (χ1v) is 8.84. The number of fused-ring (bicyclic) bond motifs is 3. The van der Waals surface area contributed by atoms with E-state index in [0.717, 1.165) is 24.1 Å². The van der Waals surface area contributed by atoms with Crippen molar-refractivity contribution < 1.29 is 9.59 Å². The van der Waals surface area contributed by atoms with Crippen molar-refractivity contribution in [1.29, 1.82) is 0 Å². The Morgan fingerprint density at radius 2 is 1.56 bits per heavy atom. The summed E-state index contributed by atoms with van der Waals surface area (Å²) >= 11 is 0. The maximum atomic E-state index is 13.2. The molecular weight excluding hydrogens is 312 g/mol. The Bertz CT molecular complexity index is 735. The molecule has 3 aliphatic heterocycles. The number of nitrogens with two attached hydrogens (primary N) is 1. The number of piperidine rings is 3. The summed E-state index contributed by atoms with van der Waals surface area (Å²) in [6.45, 7) is 1.44. The molecule has 4 atom stereocenters. The molecule has 5 rings (SSSR count). The third-order valence-corrected chi connectivity index (χ3v) is 5.69. The van der Waals surface area contributed by atoms with Crippen molar-refractivity contribution in [3.05, 3.63) is 71.8 Å². The third-order valence-electron chi connectivity index (χ3n) is 5.69. The quantitative estimate of drug-likeness (QED) is 0.932. The average Bonchev–Trinajstić information content (AvgIpc) is 2.66. The van der Waals surface area contributed by atoms with E-state index < -0.39 is 0 Å². The molecule has 0 saturated carbocycles. The Labute approximate surface area is 147 Å². The Kier molecular flexibility index (Phi) is 4.14. The highest BCUT2D eigenvalue weighted by Crippen LogP contribution is 2.41. The smallest absolute Gasteiger partial charge is 0.222 e. The van der Waals surface area contributed by atoms with E-state index in [2.05, 4.69) is 29.2 Å². The van der Waals surface area contributed by atoms with Crippen LogP contribution in [0.25, 0.3) is 0 Å². The van der Waals surface area contributed by atoms with Crippen molar-refractivity contribution in [3.63, 3.8) is 0 Å². The molecule has 4 heteroatoms. The molecule has 3 saturated heterocycles. The van der Waals surface area contributed by atoms with Gasteiger partial charge in [-0.3, -0.25) is 14.5 Å². The number of ketones is 1. The van der Waals surface area contributed by atoms with Crippen LogP contribution in [0.5, 0.6) is 0 Å². The SMILES string of the molecule is NC(=O)[C@@H]1CN2CC[C@H]1C(=O)[C@@H]2C(c1ccccc1)c1ccccc1. The lowest BCUT2D eigenvalue weighted by Gasteiger charge is -2.50. The lowest BCUT2D eigenvalue weighted by atomic mass is 9.69. The standard InChI is InChI=1S/C21H22N2O2/c22-21(25)17-13-23-12-11-16(17)20(24)19(23)18(14-7-3-1-4-8-14)15-9-5-2-6-10-15/h1-10,16-19H,11-13H2,(H2,22,25)/t16-,17-,19+/m1/s1. The first-order chi connectivity index (χ1) is 12.2. The monoisotopic (exact) mass is 334 g/mol. The predicted octanol–water partition coefficient (Wildman–Crippen LogP) is 2.19. The highest BCUT2D eigenvalue weighted by atomic mass is 16.2. The summed E-state index contributed by atoms with van der Waals surface area (Å²) in [4.78, 5) is 27.2. The van der Waals surface area contributed by atoms with Crippen LogP contribution >= 0.6 is 0 Å². The molecule has 2 bridgehead atoms. The van der Waals surface area contributed by atoms with Gasteiger partial charge in [0.05, 0.1) is 12.0 Å². The number of carbonyl (C=O) groups excluding carboxylic acids is 2. The van der Waals surface area contributed by atoms with Crippen molar-refractivity contribution in [3.8, 4) is 0 Å². The lowest BCUT2D eigenvalue weighted by molar-refractivity contribution is -0.148. The second-order valence-corrected chi connectivity index (χ2v) is 7.05. The van der Waals surface area contributed by atoms with Crippen LogP contribution in [-0.2, 0) is 9.59 Å². The second kappa shape index (κ2) is 6.45. The number of hydrogen-bond donors (Lipinski definition) is 1. The molecule has 1 unspecified atom stereocenters. The minimum absolute atomic E-state index is 0.0217. The normalized spacial score (nSPS) is 28.3. The van der Waals surface area contributed by atoms with Crippen LogP contribution in [0.15, 0.2) is 60.7 Å². The van der Waals surface area contributed by atoms with Crippen LogP contribution in [0.1, 0.15) is 23.5 Å². The first kappa shape index (κ1) is 16.0. The zero-order valence-corrected chi connectivity index (χ0v) is 14.0. The Morgan fingerprint density at radius 1 is 1.00 bits per heavy atom. The molecule has 0 spiro atoms. The molecule has 2 aromatic carbocycles. The number of primary amides is 1. The number of hydrogen-bond acceptors (Lipinski definition) is 3. The van der Waals surface area contributed by atoms with E-state index in [-0.39, 0.29) is 35.5 Å². The minimum Gasteiger partial charge on any atom is -0.369 e. The van der Waals surface area contributed by atoms with Gasteiger partial charge in [0.1, 0.15) is 0 Å². The molecule has 3 aliphatic rings. The number of carbonyl (C=O) groups is 2. The fraction of sp³-hybridized carbons (Fsp3) is 0.333. The fourth-order valence-electron chi connectivity index (χ4n) is 4.51. The van der Waals surface area contributed by atoms with Crippen molar-refractivity contribution in [1.82, 2.24) is 4.90 Å². The molecule has 2 aromatic rings. The maximum absolute atomic E-state index is 13.2. The molecule has 128 valence electrons. The van der Waals surface area contributed by atoms with Gasteiger partial charge in [-0.2, -0.15) is 0 Å². The van der Waals surface area contributed by atoms with Crippen LogP contribution < -0.4 is 5.73 Å². The molecule has 4 nitrogen and oxygen atoms in total. The highest BCUT2D eigenvalue weighted by Gasteiger charge is 2.51. The third kappa shape index (κ3) is 2.76. The molecule has 0 aliphatic carbocycles. The largest absolute Gasteiger partial charge is 0.369 e. The van der Waals surface area contributed by atoms with E-state index in [4.69, 9.17) is 5.73 Å². The number of amides is 1. The number of Topliss-reactive ketones (excluding diaryl/α,β-unsaturated/α-hetero) is 1. The Hall–Kier alpha value is -2.46. The lowest BCUT2D eigenvalue weighted by Crippen LogP contribution is -2.63. The predicted molar refractivity (Wildman–Crippen MR) is 95.9 cm³/mol. The number of benzene rings is 2. The number of rotatable bonds is 4. The summed E-state index contributed by atoms with van der Waals surface area (Å²) in [5.74, 6) is -0.782. The van der Waals surface area contributed by atoms with E-state index in [1.54, 1.807) is 0 Å². The second-order valence-electron chi connectivity index (χ2n) is 7.05. The highest BCUT2D eigenvalue weighted by molar-refractivity contribution is 5.94. The van der Waals surface area contributed by atoms with Crippen LogP contribution in [0.3, 0.4) is 0 Å². The zero-order chi connectivity index (χ0) is 17.4. The summed E-state index contributed by atoms with van der Waals surface area (Å²) in [6, 6.07) is 20.1. The molecule has 25 heavy (non-hydrogen) atoms. The van der Waals surface area contributed by atoms with Crippen LogP contribution in [0.2, 0.25) is 0 Å². The van der Waals surface area contributed by atoms with E-state index in [1.165, 1.54) is 0 Å². The van der Waals surface area contributed by atoms with E-state index in [0.29, 0.717) is 6.54 Å². The van der Waals surface area contributed by atoms with Gasteiger partial charge >= 0.3 is 0 Å². The summed E-state index contributed by atoms with van der Waals surface area (Å²) in [5.41, 5.74) is 7.81. The Balaban J connectivity index is 1.76. The Morgan fingerprint density at radius 3 is 2.04 bits per heavy atom. The van der Waals surface area contributed by atoms with Gasteiger partial charge in [-0.15, -0.1) is 0 Å². The molecule has 3 heterocycles. The number of nitrogens with zero attached hydrogens (tertiary/aromatic N) is 1. The van der Waals surface area contributed by atoms with Gasteiger partial charge in [-0.05, 0) is 24.1 Å². The molecule has 0 aromatic heterocycles. The van der Waals surface area contributed by atoms with Gasteiger partial charge in [-0.1, -0.05) is 60.7 Å². The van der Waals surface area contributed by atoms with Gasteiger partial charge in [0, 0.05) is 18.4 Å². The van der Waals surface area contributed by atoms with Crippen molar-refractivity contribution in [2.75, 3.05) is 13.1 Å².